The van der Waals surface area contributed by atoms with Crippen molar-refractivity contribution in [3.05, 3.63) is 0 Å². The van der Waals surface area contributed by atoms with Crippen LogP contribution in [0.25, 0.3) is 0 Å². The average molecular weight is 524 g/mol. The van der Waals surface area contributed by atoms with E-state index < -0.39 is 18.1 Å². The second kappa shape index (κ2) is 22.7. The number of nitrogens with two attached hydrogens (primary N) is 1. The molecule has 0 fully saturated rings. The summed E-state index contributed by atoms with van der Waals surface area (Å²) in [5.41, 5.74) is 5.92. The molecule has 12 nitrogen and oxygen atoms in total. The van der Waals surface area contributed by atoms with Gasteiger partial charge in [-0.2, -0.15) is 0 Å². The third-order valence-electron chi connectivity index (χ3n) is 5.93. The van der Waals surface area contributed by atoms with E-state index >= 15 is 0 Å². The number of amides is 3. The maximum absolute atomic E-state index is 12.1. The Morgan fingerprint density at radius 1 is 0.811 bits per heavy atom. The van der Waals surface area contributed by atoms with Crippen molar-refractivity contribution in [3.63, 3.8) is 0 Å². The number of hydrogen-bond donors (Lipinski definition) is 7. The Hall–Kier alpha value is -2.51. The lowest BCUT2D eigenvalue weighted by Gasteiger charge is -2.13. The maximum atomic E-state index is 12.1. The minimum absolute atomic E-state index is 0.00596. The van der Waals surface area contributed by atoms with Crippen molar-refractivity contribution in [2.45, 2.75) is 95.2 Å². The van der Waals surface area contributed by atoms with Gasteiger partial charge in [0, 0.05) is 32.5 Å². The van der Waals surface area contributed by atoms with Crippen molar-refractivity contribution in [1.82, 2.24) is 26.5 Å². The third-order valence-corrected chi connectivity index (χ3v) is 5.93. The first-order chi connectivity index (χ1) is 17.7. The van der Waals surface area contributed by atoms with E-state index in [9.17, 15) is 24.0 Å². The number of carbonyl (C=O) groups excluding carboxylic acids is 4. The molecule has 2 unspecified atom stereocenters. The van der Waals surface area contributed by atoms with Crippen LogP contribution in [0.15, 0.2) is 0 Å². The molecule has 0 rings (SSSR count). The molecule has 210 valence electrons. The van der Waals surface area contributed by atoms with Gasteiger partial charge in [-0.15, -0.1) is 0 Å². The summed E-state index contributed by atoms with van der Waals surface area (Å²) in [5, 5.41) is 22.4. The molecule has 37 heavy (non-hydrogen) atoms. The number of nitrogens with one attached hydrogen (secondary N) is 5. The first kappa shape index (κ1) is 34.5. The van der Waals surface area contributed by atoms with Crippen LogP contribution in [-0.4, -0.2) is 87.9 Å². The van der Waals surface area contributed by atoms with E-state index in [0.29, 0.717) is 51.7 Å². The summed E-state index contributed by atoms with van der Waals surface area (Å²) >= 11 is 0. The van der Waals surface area contributed by atoms with Crippen LogP contribution in [0.2, 0.25) is 0 Å². The molecule has 0 saturated carbocycles. The summed E-state index contributed by atoms with van der Waals surface area (Å²) < 4.78 is 0. The number of likely N-dealkylation sites (N-methyl/N-ethyl adjacent to an activating group) is 1. The van der Waals surface area contributed by atoms with Crippen LogP contribution in [0.4, 0.5) is 0 Å². The Balaban J connectivity index is 3.66. The number of aldehydes is 1. The standard InChI is InChI=1S/C24H45BN6O6/c1-27-20(24(36)37)12-13-22(34)29-15-8-5-10-19(26)23(35)30-16-6-2-3-11-21(33)28-14-7-4-9-18(17-32)31-25/h17-20,27,31H,2-16,26H2,1H3,(H,28,33)(H,29,34)(H,30,35)(H,36,37)/t18?,19?,20-/m0/s1. The van der Waals surface area contributed by atoms with Gasteiger partial charge in [0.25, 0.3) is 0 Å². The fourth-order valence-corrected chi connectivity index (χ4v) is 3.53. The molecule has 8 N–H and O–H groups in total. The maximum Gasteiger partial charge on any atom is 0.320 e. The average Bonchev–Trinajstić information content (AvgIpc) is 2.87. The van der Waals surface area contributed by atoms with Gasteiger partial charge in [-0.1, -0.05) is 6.42 Å². The summed E-state index contributed by atoms with van der Waals surface area (Å²) in [6.07, 6.45) is 7.92. The fourth-order valence-electron chi connectivity index (χ4n) is 3.53. The molecule has 0 bridgehead atoms. The molecule has 0 aliphatic rings. The van der Waals surface area contributed by atoms with Gasteiger partial charge in [-0.25, -0.2) is 0 Å². The lowest BCUT2D eigenvalue weighted by molar-refractivity contribution is -0.139. The van der Waals surface area contributed by atoms with Crippen LogP contribution in [0.5, 0.6) is 0 Å². The molecule has 3 atom stereocenters. The molecule has 0 aromatic heterocycles. The summed E-state index contributed by atoms with van der Waals surface area (Å²) in [7, 11) is 6.76. The van der Waals surface area contributed by atoms with E-state index in [4.69, 9.17) is 18.8 Å². The Labute approximate surface area is 221 Å². The second-order valence-electron chi connectivity index (χ2n) is 9.03. The van der Waals surface area contributed by atoms with E-state index in [2.05, 4.69) is 26.5 Å². The van der Waals surface area contributed by atoms with Crippen LogP contribution < -0.4 is 32.2 Å². The van der Waals surface area contributed by atoms with E-state index in [1.165, 1.54) is 0 Å². The normalized spacial score (nSPS) is 13.2. The molecule has 0 saturated heterocycles. The molecular formula is C24H45BN6O6. The highest BCUT2D eigenvalue weighted by molar-refractivity contribution is 6.05. The zero-order chi connectivity index (χ0) is 27.9. The highest BCUT2D eigenvalue weighted by Gasteiger charge is 2.16. The lowest BCUT2D eigenvalue weighted by atomic mass is 10.1. The van der Waals surface area contributed by atoms with Gasteiger partial charge in [0.05, 0.1) is 12.1 Å². The molecule has 0 spiro atoms. The van der Waals surface area contributed by atoms with Gasteiger partial charge in [0.2, 0.25) is 17.7 Å². The van der Waals surface area contributed by atoms with Gasteiger partial charge in [-0.3, -0.25) is 19.2 Å². The highest BCUT2D eigenvalue weighted by atomic mass is 16.4. The van der Waals surface area contributed by atoms with Crippen molar-refractivity contribution < 1.29 is 29.1 Å². The predicted octanol–water partition coefficient (Wildman–Crippen LogP) is -0.743. The minimum atomic E-state index is -0.985. The largest absolute Gasteiger partial charge is 0.480 e. The second-order valence-corrected chi connectivity index (χ2v) is 9.03. The van der Waals surface area contributed by atoms with Gasteiger partial charge >= 0.3 is 5.97 Å². The minimum Gasteiger partial charge on any atom is -0.480 e. The molecule has 0 aliphatic heterocycles. The molecule has 2 radical (unpaired) electrons. The van der Waals surface area contributed by atoms with Crippen molar-refractivity contribution >= 4 is 38.0 Å². The van der Waals surface area contributed by atoms with E-state index in [1.807, 2.05) is 0 Å². The Morgan fingerprint density at radius 3 is 1.95 bits per heavy atom. The van der Waals surface area contributed by atoms with Gasteiger partial charge in [-0.05, 0) is 64.8 Å². The van der Waals surface area contributed by atoms with Crippen LogP contribution in [0, 0.1) is 0 Å². The third kappa shape index (κ3) is 19.3. The van der Waals surface area contributed by atoms with Crippen molar-refractivity contribution in [3.8, 4) is 0 Å². The summed E-state index contributed by atoms with van der Waals surface area (Å²) in [5.74, 6) is -1.41. The molecule has 0 aromatic rings. The Bertz CT molecular complexity index is 684. The number of carboxylic acid groups (broad SMARTS) is 1. The number of hydrogen-bond acceptors (Lipinski definition) is 8. The molecule has 0 aliphatic carbocycles. The predicted molar refractivity (Wildman–Crippen MR) is 142 cm³/mol. The number of aliphatic carboxylic acids is 1. The number of rotatable bonds is 24. The van der Waals surface area contributed by atoms with Gasteiger partial charge in [0.15, 0.2) is 7.98 Å². The molecule has 13 heteroatoms. The zero-order valence-corrected chi connectivity index (χ0v) is 22.1. The number of carboxylic acids is 1. The summed E-state index contributed by atoms with van der Waals surface area (Å²) in [4.78, 5) is 57.2. The van der Waals surface area contributed by atoms with E-state index in [0.717, 1.165) is 38.4 Å². The lowest BCUT2D eigenvalue weighted by Crippen LogP contribution is -2.41. The van der Waals surface area contributed by atoms with E-state index in [1.54, 1.807) is 7.05 Å². The molecular weight excluding hydrogens is 479 g/mol. The van der Waals surface area contributed by atoms with Crippen molar-refractivity contribution in [2.24, 2.45) is 5.73 Å². The van der Waals surface area contributed by atoms with Gasteiger partial charge < -0.3 is 42.1 Å². The first-order valence-corrected chi connectivity index (χ1v) is 13.1. The first-order valence-electron chi connectivity index (χ1n) is 13.1. The topological polar surface area (TPSA) is 192 Å². The van der Waals surface area contributed by atoms with Crippen LogP contribution >= 0.6 is 0 Å². The Kier molecular flexibility index (Phi) is 21.1. The Morgan fingerprint density at radius 2 is 1.38 bits per heavy atom. The summed E-state index contributed by atoms with van der Waals surface area (Å²) in [6, 6.07) is -1.70. The monoisotopic (exact) mass is 524 g/mol. The fraction of sp³-hybridized carbons (Fsp3) is 0.792. The summed E-state index contributed by atoms with van der Waals surface area (Å²) in [6.45, 7) is 1.52. The number of unbranched alkanes of at least 4 members (excludes halogenated alkanes) is 4. The van der Waals surface area contributed by atoms with Gasteiger partial charge in [0.1, 0.15) is 12.3 Å². The smallest absolute Gasteiger partial charge is 0.320 e. The quantitative estimate of drug-likeness (QED) is 0.0484. The van der Waals surface area contributed by atoms with Crippen molar-refractivity contribution in [2.75, 3.05) is 26.7 Å². The molecule has 3 amide bonds. The molecule has 0 heterocycles. The molecule has 0 aromatic carbocycles. The van der Waals surface area contributed by atoms with Crippen LogP contribution in [0.3, 0.4) is 0 Å². The number of carbonyl (C=O) groups is 5. The SMILES string of the molecule is [B]NC(C=O)CCCCNC(=O)CCCCCNC(=O)C(N)CCCCNC(=O)CC[C@H](NC)C(=O)O. The van der Waals surface area contributed by atoms with Crippen LogP contribution in [0.1, 0.15) is 77.0 Å². The van der Waals surface area contributed by atoms with E-state index in [-0.39, 0.29) is 36.6 Å². The van der Waals surface area contributed by atoms with Crippen molar-refractivity contribution in [1.29, 1.82) is 0 Å². The zero-order valence-electron chi connectivity index (χ0n) is 22.1. The van der Waals surface area contributed by atoms with Crippen LogP contribution in [-0.2, 0) is 24.0 Å². The highest BCUT2D eigenvalue weighted by Crippen LogP contribution is 2.03.